The number of guanidine groups is 1. The van der Waals surface area contributed by atoms with Gasteiger partial charge in [-0.3, -0.25) is 0 Å². The summed E-state index contributed by atoms with van der Waals surface area (Å²) in [6.45, 7) is 9.47. The molecule has 0 spiro atoms. The molecule has 1 saturated heterocycles. The Bertz CT molecular complexity index is 838. The molecule has 1 aliphatic rings. The van der Waals surface area contributed by atoms with Crippen LogP contribution in [0.3, 0.4) is 0 Å². The number of rotatable bonds is 7. The third-order valence-corrected chi connectivity index (χ3v) is 5.12. The van der Waals surface area contributed by atoms with Gasteiger partial charge in [0.05, 0.1) is 13.2 Å². The molecule has 6 nitrogen and oxygen atoms in total. The van der Waals surface area contributed by atoms with Gasteiger partial charge in [0.15, 0.2) is 17.5 Å². The van der Waals surface area contributed by atoms with Crippen molar-refractivity contribution in [3.8, 4) is 5.75 Å². The van der Waals surface area contributed by atoms with Crippen LogP contribution in [0.4, 0.5) is 10.2 Å². The van der Waals surface area contributed by atoms with Gasteiger partial charge in [0.2, 0.25) is 0 Å². The van der Waals surface area contributed by atoms with Crippen molar-refractivity contribution < 1.29 is 9.13 Å². The minimum absolute atomic E-state index is 0. The van der Waals surface area contributed by atoms with Crippen LogP contribution in [0.15, 0.2) is 41.5 Å². The third-order valence-electron chi connectivity index (χ3n) is 5.12. The second-order valence-corrected chi connectivity index (χ2v) is 7.49. The lowest BCUT2D eigenvalue weighted by atomic mass is 10.1. The van der Waals surface area contributed by atoms with E-state index in [4.69, 9.17) is 4.74 Å². The number of aromatic nitrogens is 1. The number of pyridine rings is 1. The van der Waals surface area contributed by atoms with Crippen molar-refractivity contribution in [1.82, 2.24) is 15.6 Å². The number of hydrogen-bond donors (Lipinski definition) is 2. The van der Waals surface area contributed by atoms with Crippen LogP contribution < -0.4 is 20.3 Å². The molecule has 0 bridgehead atoms. The number of aliphatic imine (C=N–C) groups is 1. The van der Waals surface area contributed by atoms with Crippen LogP contribution >= 0.6 is 24.0 Å². The molecule has 0 radical (unpaired) electrons. The Labute approximate surface area is 201 Å². The summed E-state index contributed by atoms with van der Waals surface area (Å²) in [7, 11) is 0. The van der Waals surface area contributed by atoms with E-state index in [1.807, 2.05) is 26.1 Å². The van der Waals surface area contributed by atoms with Crippen LogP contribution in [0.25, 0.3) is 0 Å². The summed E-state index contributed by atoms with van der Waals surface area (Å²) in [4.78, 5) is 11.5. The van der Waals surface area contributed by atoms with Gasteiger partial charge in [-0.1, -0.05) is 12.1 Å². The Hall–Kier alpha value is -2.10. The van der Waals surface area contributed by atoms with E-state index in [9.17, 15) is 4.39 Å². The molecule has 0 aliphatic carbocycles. The Kier molecular flexibility index (Phi) is 10.3. The Morgan fingerprint density at radius 2 is 2.00 bits per heavy atom. The molecule has 2 heterocycles. The summed E-state index contributed by atoms with van der Waals surface area (Å²) >= 11 is 0. The van der Waals surface area contributed by atoms with E-state index in [0.717, 1.165) is 49.8 Å². The van der Waals surface area contributed by atoms with Crippen LogP contribution in [-0.4, -0.2) is 43.2 Å². The first-order chi connectivity index (χ1) is 14.6. The molecule has 3 rings (SSSR count). The Morgan fingerprint density at radius 3 is 2.61 bits per heavy atom. The first kappa shape index (κ1) is 25.2. The topological polar surface area (TPSA) is 61.8 Å². The second kappa shape index (κ2) is 12.7. The predicted molar refractivity (Wildman–Crippen MR) is 135 cm³/mol. The fourth-order valence-electron chi connectivity index (χ4n) is 3.50. The molecule has 8 heteroatoms. The number of halogens is 2. The van der Waals surface area contributed by atoms with Gasteiger partial charge in [-0.15, -0.1) is 24.0 Å². The van der Waals surface area contributed by atoms with E-state index < -0.39 is 0 Å². The van der Waals surface area contributed by atoms with E-state index in [1.165, 1.54) is 11.6 Å². The summed E-state index contributed by atoms with van der Waals surface area (Å²) in [6.07, 6.45) is 3.94. The predicted octanol–water partition coefficient (Wildman–Crippen LogP) is 4.27. The number of ether oxygens (including phenoxy) is 1. The van der Waals surface area contributed by atoms with Gasteiger partial charge in [-0.25, -0.2) is 14.4 Å². The molecule has 1 fully saturated rings. The van der Waals surface area contributed by atoms with Gasteiger partial charge in [0, 0.05) is 31.9 Å². The molecule has 0 amide bonds. The lowest BCUT2D eigenvalue weighted by Crippen LogP contribution is -2.48. The number of aryl methyl sites for hydroxylation is 1. The van der Waals surface area contributed by atoms with Gasteiger partial charge in [0.1, 0.15) is 5.82 Å². The summed E-state index contributed by atoms with van der Waals surface area (Å²) in [6, 6.07) is 9.55. The maximum atomic E-state index is 14.1. The second-order valence-electron chi connectivity index (χ2n) is 7.49. The van der Waals surface area contributed by atoms with Gasteiger partial charge < -0.3 is 20.3 Å². The molecular weight excluding hydrogens is 508 g/mol. The molecule has 2 N–H and O–H groups in total. The minimum Gasteiger partial charge on any atom is -0.491 e. The number of hydrogen-bond acceptors (Lipinski definition) is 4. The molecule has 0 unspecified atom stereocenters. The van der Waals surface area contributed by atoms with E-state index in [0.29, 0.717) is 19.2 Å². The van der Waals surface area contributed by atoms with E-state index in [2.05, 4.69) is 44.6 Å². The van der Waals surface area contributed by atoms with E-state index in [1.54, 1.807) is 6.07 Å². The highest BCUT2D eigenvalue weighted by Gasteiger charge is 2.20. The van der Waals surface area contributed by atoms with Crippen LogP contribution in [0, 0.1) is 12.7 Å². The molecule has 0 saturated carbocycles. The number of nitrogens with zero attached hydrogens (tertiary/aromatic N) is 3. The van der Waals surface area contributed by atoms with Crippen molar-refractivity contribution >= 4 is 35.8 Å². The highest BCUT2D eigenvalue weighted by molar-refractivity contribution is 14.0. The SMILES string of the molecule is CCNC(=NCc1ccc(OCC)c(F)c1)NC1CCN(c2ccc(C)cn2)CC1.I. The Morgan fingerprint density at radius 1 is 1.23 bits per heavy atom. The maximum absolute atomic E-state index is 14.1. The van der Waals surface area contributed by atoms with Crippen molar-refractivity contribution in [2.45, 2.75) is 46.2 Å². The van der Waals surface area contributed by atoms with Gasteiger partial charge in [0.25, 0.3) is 0 Å². The van der Waals surface area contributed by atoms with Crippen LogP contribution in [0.5, 0.6) is 5.75 Å². The molecule has 1 aromatic heterocycles. The average Bonchev–Trinajstić information content (AvgIpc) is 2.75. The largest absolute Gasteiger partial charge is 0.491 e. The fourth-order valence-corrected chi connectivity index (χ4v) is 3.50. The van der Waals surface area contributed by atoms with Gasteiger partial charge in [-0.2, -0.15) is 0 Å². The molecule has 0 atom stereocenters. The quantitative estimate of drug-likeness (QED) is 0.312. The molecule has 2 aromatic rings. The van der Waals surface area contributed by atoms with Crippen molar-refractivity contribution in [3.63, 3.8) is 0 Å². The average molecular weight is 541 g/mol. The van der Waals surface area contributed by atoms with E-state index in [-0.39, 0.29) is 35.5 Å². The molecule has 1 aliphatic heterocycles. The highest BCUT2D eigenvalue weighted by atomic mass is 127. The van der Waals surface area contributed by atoms with Gasteiger partial charge >= 0.3 is 0 Å². The van der Waals surface area contributed by atoms with Crippen molar-refractivity contribution in [1.29, 1.82) is 0 Å². The van der Waals surface area contributed by atoms with Crippen LogP contribution in [0.2, 0.25) is 0 Å². The first-order valence-electron chi connectivity index (χ1n) is 10.7. The van der Waals surface area contributed by atoms with Crippen molar-refractivity contribution in [3.05, 3.63) is 53.5 Å². The Balaban J connectivity index is 0.00000341. The monoisotopic (exact) mass is 541 g/mol. The molecule has 1 aromatic carbocycles. The highest BCUT2D eigenvalue weighted by Crippen LogP contribution is 2.19. The zero-order valence-corrected chi connectivity index (χ0v) is 20.9. The number of piperidine rings is 1. The van der Waals surface area contributed by atoms with E-state index >= 15 is 0 Å². The molecule has 170 valence electrons. The van der Waals surface area contributed by atoms with Crippen LogP contribution in [0.1, 0.15) is 37.8 Å². The lowest BCUT2D eigenvalue weighted by Gasteiger charge is -2.33. The normalized spacial score (nSPS) is 14.7. The number of anilines is 1. The number of benzene rings is 1. The zero-order valence-electron chi connectivity index (χ0n) is 18.5. The first-order valence-corrected chi connectivity index (χ1v) is 10.7. The summed E-state index contributed by atoms with van der Waals surface area (Å²) in [5.41, 5.74) is 1.99. The number of nitrogens with one attached hydrogen (secondary N) is 2. The third kappa shape index (κ3) is 7.52. The lowest BCUT2D eigenvalue weighted by molar-refractivity contribution is 0.321. The van der Waals surface area contributed by atoms with Gasteiger partial charge in [-0.05, 0) is 62.9 Å². The summed E-state index contributed by atoms with van der Waals surface area (Å²) in [5.74, 6) is 1.74. The maximum Gasteiger partial charge on any atom is 0.191 e. The van der Waals surface area contributed by atoms with Crippen LogP contribution in [-0.2, 0) is 6.54 Å². The van der Waals surface area contributed by atoms with Crippen molar-refractivity contribution in [2.75, 3.05) is 31.1 Å². The minimum atomic E-state index is -0.348. The van der Waals surface area contributed by atoms with Crippen molar-refractivity contribution in [2.24, 2.45) is 4.99 Å². The smallest absolute Gasteiger partial charge is 0.191 e. The summed E-state index contributed by atoms with van der Waals surface area (Å²) < 4.78 is 19.3. The molecular formula is C23H33FIN5O. The molecule has 31 heavy (non-hydrogen) atoms. The zero-order chi connectivity index (χ0) is 21.3. The fraction of sp³-hybridized carbons (Fsp3) is 0.478. The summed E-state index contributed by atoms with van der Waals surface area (Å²) in [5, 5.41) is 6.82. The standard InChI is InChI=1S/C23H32FN5O.HI/c1-4-25-23(27-16-18-7-8-21(30-5-2)20(24)14-18)28-19-10-12-29(13-11-19)22-9-6-17(3)15-26-22;/h6-9,14-15,19H,4-5,10-13,16H2,1-3H3,(H2,25,27,28);1H.